The highest BCUT2D eigenvalue weighted by Crippen LogP contribution is 2.20. The number of rotatable bonds is 7. The minimum absolute atomic E-state index is 0.0152. The first-order valence-electron chi connectivity index (χ1n) is 8.29. The molecule has 0 unspecified atom stereocenters. The molecule has 2 aromatic rings. The van der Waals surface area contributed by atoms with Crippen LogP contribution in [0.3, 0.4) is 0 Å². The molecule has 7 heteroatoms. The summed E-state index contributed by atoms with van der Waals surface area (Å²) in [5.74, 6) is -0.390. The summed E-state index contributed by atoms with van der Waals surface area (Å²) < 4.78 is 42.4. The number of halogens is 1. The molecule has 1 amide bonds. The van der Waals surface area contributed by atoms with Crippen LogP contribution in [0, 0.1) is 5.82 Å². The number of carbonyl (C=O) groups is 1. The molecule has 0 aliphatic rings. The van der Waals surface area contributed by atoms with Gasteiger partial charge in [-0.15, -0.1) is 0 Å². The van der Waals surface area contributed by atoms with E-state index in [1.54, 1.807) is 17.0 Å². The second-order valence-corrected chi connectivity index (χ2v) is 7.59. The third kappa shape index (κ3) is 5.05. The van der Waals surface area contributed by atoms with E-state index >= 15 is 0 Å². The fourth-order valence-electron chi connectivity index (χ4n) is 2.42. The van der Waals surface area contributed by atoms with E-state index < -0.39 is 15.9 Å². The predicted molar refractivity (Wildman–Crippen MR) is 96.6 cm³/mol. The van der Waals surface area contributed by atoms with Gasteiger partial charge in [-0.1, -0.05) is 19.1 Å². The predicted octanol–water partition coefficient (Wildman–Crippen LogP) is 3.74. The first kappa shape index (κ1) is 19.9. The molecule has 0 fully saturated rings. The van der Waals surface area contributed by atoms with Crippen molar-refractivity contribution in [1.29, 1.82) is 0 Å². The molecule has 2 rings (SSSR count). The number of nitrogens with zero attached hydrogens (tertiary/aromatic N) is 1. The molecule has 140 valence electrons. The number of hydrogen-bond acceptors (Lipinski definition) is 4. The number of benzene rings is 2. The summed E-state index contributed by atoms with van der Waals surface area (Å²) in [5.41, 5.74) is 0.868. The SMILES string of the molecule is CC[C@H](C)N(Cc1ccc(OS(=O)(=O)c2ccc(F)cc2)cc1)C(C)=O. The lowest BCUT2D eigenvalue weighted by Crippen LogP contribution is -2.36. The Balaban J connectivity index is 2.11. The molecule has 0 spiro atoms. The fraction of sp³-hybridized carbons (Fsp3) is 0.316. The van der Waals surface area contributed by atoms with Gasteiger partial charge < -0.3 is 9.08 Å². The summed E-state index contributed by atoms with van der Waals surface area (Å²) in [6.07, 6.45) is 0.844. The van der Waals surface area contributed by atoms with Gasteiger partial charge in [-0.2, -0.15) is 8.42 Å². The van der Waals surface area contributed by atoms with Crippen molar-refractivity contribution in [3.05, 3.63) is 59.9 Å². The average molecular weight is 379 g/mol. The zero-order chi connectivity index (χ0) is 19.3. The molecule has 0 aliphatic carbocycles. The maximum Gasteiger partial charge on any atom is 0.339 e. The number of amides is 1. The molecule has 1 atom stereocenters. The van der Waals surface area contributed by atoms with Crippen molar-refractivity contribution in [3.8, 4) is 5.75 Å². The second kappa shape index (κ2) is 8.31. The van der Waals surface area contributed by atoms with Crippen molar-refractivity contribution in [2.24, 2.45) is 0 Å². The molecule has 5 nitrogen and oxygen atoms in total. The van der Waals surface area contributed by atoms with Crippen LogP contribution in [0.2, 0.25) is 0 Å². The summed E-state index contributed by atoms with van der Waals surface area (Å²) in [6.45, 7) is 5.96. The van der Waals surface area contributed by atoms with E-state index in [2.05, 4.69) is 0 Å². The largest absolute Gasteiger partial charge is 0.379 e. The van der Waals surface area contributed by atoms with Crippen LogP contribution >= 0.6 is 0 Å². The molecule has 0 N–H and O–H groups in total. The van der Waals surface area contributed by atoms with Crippen LogP contribution in [0.25, 0.3) is 0 Å². The van der Waals surface area contributed by atoms with Gasteiger partial charge in [-0.25, -0.2) is 4.39 Å². The van der Waals surface area contributed by atoms with Crippen LogP contribution < -0.4 is 4.18 Å². The Kier molecular flexibility index (Phi) is 6.37. The minimum Gasteiger partial charge on any atom is -0.379 e. The van der Waals surface area contributed by atoms with Crippen LogP contribution in [-0.4, -0.2) is 25.3 Å². The Morgan fingerprint density at radius 3 is 2.19 bits per heavy atom. The molecule has 0 heterocycles. The van der Waals surface area contributed by atoms with E-state index in [4.69, 9.17) is 4.18 Å². The first-order chi connectivity index (χ1) is 12.2. The van der Waals surface area contributed by atoms with Crippen molar-refractivity contribution in [1.82, 2.24) is 4.90 Å². The molecule has 0 aliphatic heterocycles. The smallest absolute Gasteiger partial charge is 0.339 e. The molecule has 26 heavy (non-hydrogen) atoms. The zero-order valence-electron chi connectivity index (χ0n) is 15.0. The fourth-order valence-corrected chi connectivity index (χ4v) is 3.35. The van der Waals surface area contributed by atoms with Crippen molar-refractivity contribution in [2.75, 3.05) is 0 Å². The van der Waals surface area contributed by atoms with Gasteiger partial charge in [-0.3, -0.25) is 4.79 Å². The molecule has 0 saturated heterocycles. The van der Waals surface area contributed by atoms with Crippen molar-refractivity contribution < 1.29 is 21.8 Å². The third-order valence-corrected chi connectivity index (χ3v) is 5.37. The van der Waals surface area contributed by atoms with E-state index in [-0.39, 0.29) is 22.6 Å². The summed E-state index contributed by atoms with van der Waals surface area (Å²) in [7, 11) is -4.03. The van der Waals surface area contributed by atoms with Gasteiger partial charge in [0.05, 0.1) is 0 Å². The maximum absolute atomic E-state index is 12.9. The van der Waals surface area contributed by atoms with E-state index in [1.165, 1.54) is 19.1 Å². The van der Waals surface area contributed by atoms with E-state index in [0.717, 1.165) is 36.2 Å². The summed E-state index contributed by atoms with van der Waals surface area (Å²) in [4.78, 5) is 13.4. The summed E-state index contributed by atoms with van der Waals surface area (Å²) in [6, 6.07) is 11.0. The van der Waals surface area contributed by atoms with Gasteiger partial charge in [0.25, 0.3) is 0 Å². The highest BCUT2D eigenvalue weighted by atomic mass is 32.2. The van der Waals surface area contributed by atoms with Crippen molar-refractivity contribution in [2.45, 2.75) is 44.7 Å². The van der Waals surface area contributed by atoms with Gasteiger partial charge in [0.15, 0.2) is 0 Å². The van der Waals surface area contributed by atoms with Gasteiger partial charge in [-0.05, 0) is 55.3 Å². The van der Waals surface area contributed by atoms with Gasteiger partial charge >= 0.3 is 10.1 Å². The highest BCUT2D eigenvalue weighted by Gasteiger charge is 2.18. The van der Waals surface area contributed by atoms with Gasteiger partial charge in [0.2, 0.25) is 5.91 Å². The normalized spacial score (nSPS) is 12.5. The van der Waals surface area contributed by atoms with Crippen molar-refractivity contribution >= 4 is 16.0 Å². The lowest BCUT2D eigenvalue weighted by Gasteiger charge is -2.27. The minimum atomic E-state index is -4.03. The van der Waals surface area contributed by atoms with E-state index in [0.29, 0.717) is 6.54 Å². The van der Waals surface area contributed by atoms with Crippen LogP contribution in [0.4, 0.5) is 4.39 Å². The van der Waals surface area contributed by atoms with Crippen LogP contribution in [0.5, 0.6) is 5.75 Å². The maximum atomic E-state index is 12.9. The Morgan fingerprint density at radius 2 is 1.69 bits per heavy atom. The van der Waals surface area contributed by atoms with Crippen LogP contribution in [0.15, 0.2) is 53.4 Å². The number of carbonyl (C=O) groups excluding carboxylic acids is 1. The molecule has 0 saturated carbocycles. The van der Waals surface area contributed by atoms with E-state index in [1.807, 2.05) is 13.8 Å². The Bertz CT molecular complexity index is 848. The molecule has 0 radical (unpaired) electrons. The van der Waals surface area contributed by atoms with Gasteiger partial charge in [0, 0.05) is 19.5 Å². The monoisotopic (exact) mass is 379 g/mol. The number of hydrogen-bond donors (Lipinski definition) is 0. The molecule has 0 bridgehead atoms. The molecule has 2 aromatic carbocycles. The standard InChI is InChI=1S/C19H22FNO4S/c1-4-14(2)21(15(3)22)13-16-5-9-18(10-6-16)25-26(23,24)19-11-7-17(20)8-12-19/h5-12,14H,4,13H2,1-3H3/t14-/m0/s1. The lowest BCUT2D eigenvalue weighted by atomic mass is 10.1. The Morgan fingerprint density at radius 1 is 1.12 bits per heavy atom. The summed E-state index contributed by atoms with van der Waals surface area (Å²) >= 11 is 0. The third-order valence-electron chi connectivity index (χ3n) is 4.11. The highest BCUT2D eigenvalue weighted by molar-refractivity contribution is 7.87. The average Bonchev–Trinajstić information content (AvgIpc) is 2.60. The second-order valence-electron chi connectivity index (χ2n) is 6.04. The Labute approximate surface area is 153 Å². The zero-order valence-corrected chi connectivity index (χ0v) is 15.8. The van der Waals surface area contributed by atoms with E-state index in [9.17, 15) is 17.6 Å². The lowest BCUT2D eigenvalue weighted by molar-refractivity contribution is -0.131. The van der Waals surface area contributed by atoms with Crippen molar-refractivity contribution in [3.63, 3.8) is 0 Å². The Hall–Kier alpha value is -2.41. The molecular formula is C19H22FNO4S. The first-order valence-corrected chi connectivity index (χ1v) is 9.70. The van der Waals surface area contributed by atoms with Crippen LogP contribution in [-0.2, 0) is 21.5 Å². The topological polar surface area (TPSA) is 63.7 Å². The van der Waals surface area contributed by atoms with Gasteiger partial charge in [0.1, 0.15) is 16.5 Å². The van der Waals surface area contributed by atoms with Crippen LogP contribution in [0.1, 0.15) is 32.8 Å². The quantitative estimate of drug-likeness (QED) is 0.688. The summed E-state index contributed by atoms with van der Waals surface area (Å²) in [5, 5.41) is 0. The molecular weight excluding hydrogens is 357 g/mol. The molecule has 0 aromatic heterocycles.